The predicted molar refractivity (Wildman–Crippen MR) is 223 cm³/mol. The lowest BCUT2D eigenvalue weighted by Crippen LogP contribution is -2.61. The number of fused-ring (bicyclic) bond motifs is 1. The van der Waals surface area contributed by atoms with E-state index in [1.807, 2.05) is 42.6 Å². The molecule has 2 aliphatic heterocycles. The summed E-state index contributed by atoms with van der Waals surface area (Å²) in [7, 11) is 0. The van der Waals surface area contributed by atoms with Gasteiger partial charge in [-0.1, -0.05) is 50.6 Å². The summed E-state index contributed by atoms with van der Waals surface area (Å²) in [6.45, 7) is 2.65. The lowest BCUT2D eigenvalue weighted by atomic mass is 9.96. The zero-order chi connectivity index (χ0) is 45.2. The van der Waals surface area contributed by atoms with Crippen LogP contribution in [0, 0.1) is 11.8 Å². The minimum atomic E-state index is -1.60. The van der Waals surface area contributed by atoms with E-state index in [4.69, 9.17) is 22.9 Å². The molecule has 1 saturated heterocycles. The van der Waals surface area contributed by atoms with Crippen molar-refractivity contribution < 1.29 is 43.5 Å². The minimum absolute atomic E-state index is 0.0254. The first-order valence-corrected chi connectivity index (χ1v) is 20.2. The molecule has 3 heterocycles. The van der Waals surface area contributed by atoms with Gasteiger partial charge in [0.05, 0.1) is 31.2 Å². The summed E-state index contributed by atoms with van der Waals surface area (Å²) in [5, 5.41) is 22.5. The van der Waals surface area contributed by atoms with E-state index in [1.165, 1.54) is 4.90 Å². The number of aromatic amines is 1. The number of aliphatic hydroxyl groups excluding tert-OH is 1. The van der Waals surface area contributed by atoms with Crippen molar-refractivity contribution in [1.29, 1.82) is 0 Å². The van der Waals surface area contributed by atoms with Crippen LogP contribution in [0.5, 0.6) is 0 Å². The predicted octanol–water partition coefficient (Wildman–Crippen LogP) is -3.52. The van der Waals surface area contributed by atoms with Crippen LogP contribution in [-0.4, -0.2) is 117 Å². The van der Waals surface area contributed by atoms with Gasteiger partial charge in [-0.15, -0.1) is 5.53 Å². The van der Waals surface area contributed by atoms with Gasteiger partial charge in [0.25, 0.3) is 0 Å². The number of aromatic nitrogens is 1. The molecule has 1 unspecified atom stereocenters. The number of nitrogens with one attached hydrogen (secondary N) is 7. The summed E-state index contributed by atoms with van der Waals surface area (Å²) in [5.41, 5.74) is 30.9. The SMILES string of the molecule is CC[C@H](C)[C@H](NC(=O)[C@H](CC(N)=O)NC(=O)[C@@H](N)CC(N)=O)C(=O)N1CC(C2=CN(C3=CC=CC3)NN2)C[C@H]1C(=O)N[C@@H](Cc1c[nH]c2ccccc12)C(=O)N[C@@H](CO)C(N)=O. The van der Waals surface area contributed by atoms with Gasteiger partial charge in [-0.25, -0.2) is 0 Å². The molecule has 1 aliphatic carbocycles. The molecule has 334 valence electrons. The van der Waals surface area contributed by atoms with Gasteiger partial charge >= 0.3 is 0 Å². The van der Waals surface area contributed by atoms with Gasteiger partial charge in [-0.3, -0.25) is 43.4 Å². The molecule has 1 aromatic carbocycles. The van der Waals surface area contributed by atoms with Gasteiger partial charge < -0.3 is 64.6 Å². The molecule has 0 saturated carbocycles. The van der Waals surface area contributed by atoms with Crippen LogP contribution >= 0.6 is 0 Å². The number of para-hydroxylation sites is 1. The van der Waals surface area contributed by atoms with Gasteiger partial charge in [0.2, 0.25) is 47.3 Å². The highest BCUT2D eigenvalue weighted by Gasteiger charge is 2.46. The summed E-state index contributed by atoms with van der Waals surface area (Å²) < 4.78 is 0. The van der Waals surface area contributed by atoms with E-state index in [0.717, 1.165) is 16.6 Å². The van der Waals surface area contributed by atoms with E-state index >= 15 is 0 Å². The van der Waals surface area contributed by atoms with Crippen LogP contribution in [0.15, 0.2) is 66.3 Å². The van der Waals surface area contributed by atoms with Crippen LogP contribution < -0.4 is 55.2 Å². The Morgan fingerprint density at radius 3 is 2.24 bits per heavy atom. The third-order valence-corrected chi connectivity index (χ3v) is 11.1. The highest BCUT2D eigenvalue weighted by Crippen LogP contribution is 2.32. The monoisotopic (exact) mass is 861 g/mol. The van der Waals surface area contributed by atoms with Crippen molar-refractivity contribution in [2.45, 2.75) is 88.6 Å². The molecule has 0 bridgehead atoms. The minimum Gasteiger partial charge on any atom is -0.394 e. The molecule has 22 heteroatoms. The van der Waals surface area contributed by atoms with Gasteiger partial charge in [0.1, 0.15) is 30.2 Å². The molecule has 8 amide bonds. The normalized spacial score (nSPS) is 19.9. The van der Waals surface area contributed by atoms with Crippen molar-refractivity contribution in [1.82, 2.24) is 47.1 Å². The molecule has 1 aromatic heterocycles. The lowest BCUT2D eigenvalue weighted by molar-refractivity contribution is -0.143. The molecular formula is C40H55N13O9. The highest BCUT2D eigenvalue weighted by atomic mass is 16.3. The average Bonchev–Trinajstić information content (AvgIpc) is 4.07. The largest absolute Gasteiger partial charge is 0.394 e. The first-order valence-electron chi connectivity index (χ1n) is 20.2. The van der Waals surface area contributed by atoms with Crippen LogP contribution in [0.3, 0.4) is 0 Å². The standard InChI is InChI=1S/C40H55N13O9/c1-3-20(2)34(49-38(60)28(15-33(43)56)46-36(58)25(41)14-32(42)55)40(62)52-17-22(29-18-53(51-50-29)23-8-4-5-9-23)13-31(52)39(61)47-27(37(59)48-30(19-54)35(44)57)12-21-16-45-26-11-7-6-10-24(21)26/h4-8,10-11,16,18,20,22,25,27-28,30-31,34,45,50-51,54H,3,9,12-15,17,19,41H2,1-2H3,(H2,42,55)(H2,43,56)(H2,44,57)(H,46,58)(H,47,61)(H,48,59)(H,49,60)/t20-,22?,25-,27-,28-,30-,31-,34-/m0/s1. The molecule has 16 N–H and O–H groups in total. The summed E-state index contributed by atoms with van der Waals surface area (Å²) >= 11 is 0. The van der Waals surface area contributed by atoms with Crippen LogP contribution in [0.4, 0.5) is 0 Å². The number of carbonyl (C=O) groups is 8. The van der Waals surface area contributed by atoms with Crippen molar-refractivity contribution in [3.05, 3.63) is 71.8 Å². The number of H-pyrrole nitrogens is 1. The fourth-order valence-corrected chi connectivity index (χ4v) is 7.45. The Hall–Kier alpha value is -6.78. The Bertz CT molecular complexity index is 2150. The fourth-order valence-electron chi connectivity index (χ4n) is 7.45. The fraction of sp³-hybridized carbons (Fsp3) is 0.450. The maximum atomic E-state index is 14.8. The van der Waals surface area contributed by atoms with Gasteiger partial charge in [-0.05, 0) is 30.0 Å². The van der Waals surface area contributed by atoms with Crippen LogP contribution in [0.25, 0.3) is 10.9 Å². The van der Waals surface area contributed by atoms with E-state index in [2.05, 4.69) is 37.2 Å². The van der Waals surface area contributed by atoms with E-state index in [-0.39, 0.29) is 19.4 Å². The molecule has 3 aliphatic rings. The topological polar surface area (TPSA) is 355 Å². The zero-order valence-corrected chi connectivity index (χ0v) is 34.4. The number of carbonyl (C=O) groups excluding carboxylic acids is 8. The molecule has 8 atom stereocenters. The number of hydrogen-bond acceptors (Lipinski definition) is 13. The average molecular weight is 862 g/mol. The van der Waals surface area contributed by atoms with Gasteiger partial charge in [0, 0.05) is 54.3 Å². The first kappa shape index (κ1) is 46.3. The second-order valence-corrected chi connectivity index (χ2v) is 15.6. The molecule has 62 heavy (non-hydrogen) atoms. The smallest absolute Gasteiger partial charge is 0.246 e. The zero-order valence-electron chi connectivity index (χ0n) is 34.4. The third-order valence-electron chi connectivity index (χ3n) is 11.1. The second-order valence-electron chi connectivity index (χ2n) is 15.6. The Morgan fingerprint density at radius 1 is 0.903 bits per heavy atom. The summed E-state index contributed by atoms with van der Waals surface area (Å²) in [6, 6.07) is -1.08. The number of likely N-dealkylation sites (tertiary alicyclic amines) is 1. The van der Waals surface area contributed by atoms with Gasteiger partial charge in [-0.2, -0.15) is 0 Å². The maximum absolute atomic E-state index is 14.8. The molecule has 0 spiro atoms. The third kappa shape index (κ3) is 11.3. The number of rotatable bonds is 21. The Kier molecular flexibility index (Phi) is 15.4. The summed E-state index contributed by atoms with van der Waals surface area (Å²) in [6.07, 6.45) is 9.09. The number of amides is 8. The Morgan fingerprint density at radius 2 is 1.60 bits per heavy atom. The van der Waals surface area contributed by atoms with Crippen molar-refractivity contribution >= 4 is 58.2 Å². The van der Waals surface area contributed by atoms with Crippen molar-refractivity contribution in [3.63, 3.8) is 0 Å². The number of nitrogens with two attached hydrogens (primary N) is 4. The lowest BCUT2D eigenvalue weighted by Gasteiger charge is -2.33. The molecular weight excluding hydrogens is 807 g/mol. The number of nitrogens with zero attached hydrogens (tertiary/aromatic N) is 2. The highest BCUT2D eigenvalue weighted by molar-refractivity contribution is 5.99. The molecule has 2 aromatic rings. The number of benzene rings is 1. The van der Waals surface area contributed by atoms with E-state index in [1.54, 1.807) is 31.1 Å². The number of allylic oxidation sites excluding steroid dienone is 3. The van der Waals surface area contributed by atoms with Crippen LogP contribution in [0.2, 0.25) is 0 Å². The Labute approximate surface area is 356 Å². The van der Waals surface area contributed by atoms with Crippen LogP contribution in [-0.2, 0) is 44.8 Å². The number of hydrogen-bond donors (Lipinski definition) is 12. The molecule has 22 nitrogen and oxygen atoms in total. The first-order chi connectivity index (χ1) is 29.5. The van der Waals surface area contributed by atoms with E-state index in [9.17, 15) is 43.5 Å². The van der Waals surface area contributed by atoms with Crippen molar-refractivity contribution in [2.75, 3.05) is 13.2 Å². The van der Waals surface area contributed by atoms with E-state index in [0.29, 0.717) is 24.1 Å². The quantitative estimate of drug-likeness (QED) is 0.0580. The molecule has 5 rings (SSSR count). The number of aliphatic hydroxyl groups is 1. The molecule has 1 fully saturated rings. The van der Waals surface area contributed by atoms with Crippen molar-refractivity contribution in [2.24, 2.45) is 34.8 Å². The number of hydrazine groups is 2. The molecule has 0 radical (unpaired) electrons. The second kappa shape index (κ2) is 20.7. The summed E-state index contributed by atoms with van der Waals surface area (Å²) in [5.74, 6) is -8.04. The van der Waals surface area contributed by atoms with Crippen LogP contribution in [0.1, 0.15) is 51.5 Å². The van der Waals surface area contributed by atoms with Crippen molar-refractivity contribution in [3.8, 4) is 0 Å². The number of primary amides is 3. The summed E-state index contributed by atoms with van der Waals surface area (Å²) in [4.78, 5) is 110. The maximum Gasteiger partial charge on any atom is 0.246 e. The van der Waals surface area contributed by atoms with E-state index < -0.39 is 115 Å². The Balaban J connectivity index is 1.46. The van der Waals surface area contributed by atoms with Gasteiger partial charge in [0.15, 0.2) is 0 Å².